The van der Waals surface area contributed by atoms with E-state index in [1.807, 2.05) is 0 Å². The summed E-state index contributed by atoms with van der Waals surface area (Å²) in [7, 11) is 0.692. The van der Waals surface area contributed by atoms with Crippen LogP contribution in [0.15, 0.2) is 0 Å². The van der Waals surface area contributed by atoms with Crippen molar-refractivity contribution in [1.82, 2.24) is 5.32 Å². The highest BCUT2D eigenvalue weighted by molar-refractivity contribution is 7.84. The molecule has 12 heavy (non-hydrogen) atoms. The average Bonchev–Trinajstić information content (AvgIpc) is 2.10. The molecule has 3 N–H and O–H groups in total. The molecule has 0 rings (SSSR count). The molecule has 0 aliphatic heterocycles. The molecule has 0 radical (unpaired) electrons. The predicted octanol–water partition coefficient (Wildman–Crippen LogP) is -0.780. The van der Waals surface area contributed by atoms with Crippen molar-refractivity contribution >= 4 is 16.7 Å². The first kappa shape index (κ1) is 11.6. The van der Waals surface area contributed by atoms with Gasteiger partial charge in [0.2, 0.25) is 5.91 Å². The molecule has 0 saturated carbocycles. The van der Waals surface area contributed by atoms with Gasteiger partial charge in [0, 0.05) is 35.8 Å². The molecule has 1 unspecified atom stereocenters. The molecular weight excluding hydrogens is 176 g/mol. The summed E-state index contributed by atoms with van der Waals surface area (Å²) < 4.78 is 11.1. The number of amides is 1. The van der Waals surface area contributed by atoms with Gasteiger partial charge in [-0.25, -0.2) is 0 Å². The van der Waals surface area contributed by atoms with E-state index in [2.05, 4.69) is 5.32 Å². The van der Waals surface area contributed by atoms with Gasteiger partial charge in [0.25, 0.3) is 0 Å². The van der Waals surface area contributed by atoms with Gasteiger partial charge in [0.15, 0.2) is 0 Å². The summed E-state index contributed by atoms with van der Waals surface area (Å²) in [5.74, 6) is 0.990. The van der Waals surface area contributed by atoms with Crippen LogP contribution in [0.1, 0.15) is 12.8 Å². The lowest BCUT2D eigenvalue weighted by Crippen LogP contribution is -2.20. The summed E-state index contributed by atoms with van der Waals surface area (Å²) in [6.07, 6.45) is 1.11. The zero-order valence-corrected chi connectivity index (χ0v) is 8.15. The van der Waals surface area contributed by atoms with Crippen molar-refractivity contribution in [3.05, 3.63) is 0 Å². The quantitative estimate of drug-likeness (QED) is 0.580. The van der Waals surface area contributed by atoms with Crippen LogP contribution in [-0.2, 0) is 15.6 Å². The summed E-state index contributed by atoms with van der Waals surface area (Å²) >= 11 is 0. The van der Waals surface area contributed by atoms with Crippen molar-refractivity contribution in [3.8, 4) is 0 Å². The average molecular weight is 192 g/mol. The van der Waals surface area contributed by atoms with Crippen molar-refractivity contribution in [2.45, 2.75) is 12.8 Å². The molecular formula is C7H16N2O2S. The summed E-state index contributed by atoms with van der Waals surface area (Å²) in [6.45, 7) is 0.561. The van der Waals surface area contributed by atoms with Gasteiger partial charge < -0.3 is 11.1 Å². The lowest BCUT2D eigenvalue weighted by atomic mass is 10.5. The van der Waals surface area contributed by atoms with Crippen LogP contribution in [0, 0.1) is 0 Å². The van der Waals surface area contributed by atoms with E-state index in [4.69, 9.17) is 5.73 Å². The zero-order chi connectivity index (χ0) is 9.40. The standard InChI is InChI=1S/C7H16N2O2S/c1-9-7(10)3-6-12(11)5-2-4-8/h2-6,8H2,1H3,(H,9,10). The fraction of sp³-hybridized carbons (Fsp3) is 0.857. The summed E-state index contributed by atoms with van der Waals surface area (Å²) in [5, 5.41) is 2.48. The van der Waals surface area contributed by atoms with E-state index in [0.29, 0.717) is 24.5 Å². The van der Waals surface area contributed by atoms with Gasteiger partial charge in [-0.2, -0.15) is 0 Å². The van der Waals surface area contributed by atoms with Gasteiger partial charge in [-0.05, 0) is 13.0 Å². The van der Waals surface area contributed by atoms with Crippen LogP contribution in [0.25, 0.3) is 0 Å². The van der Waals surface area contributed by atoms with E-state index >= 15 is 0 Å². The molecule has 0 aromatic heterocycles. The Bertz CT molecular complexity index is 161. The van der Waals surface area contributed by atoms with Crippen LogP contribution in [0.3, 0.4) is 0 Å². The minimum Gasteiger partial charge on any atom is -0.359 e. The highest BCUT2D eigenvalue weighted by atomic mass is 32.2. The number of nitrogens with two attached hydrogens (primary N) is 1. The second-order valence-corrected chi connectivity index (χ2v) is 4.11. The number of hydrogen-bond acceptors (Lipinski definition) is 3. The summed E-state index contributed by atoms with van der Waals surface area (Å²) in [5.41, 5.74) is 5.25. The Balaban J connectivity index is 3.37. The third-order valence-electron chi connectivity index (χ3n) is 1.41. The fourth-order valence-electron chi connectivity index (χ4n) is 0.678. The summed E-state index contributed by atoms with van der Waals surface area (Å²) in [4.78, 5) is 10.7. The molecule has 0 bridgehead atoms. The van der Waals surface area contributed by atoms with Crippen molar-refractivity contribution in [2.24, 2.45) is 5.73 Å². The van der Waals surface area contributed by atoms with Crippen LogP contribution >= 0.6 is 0 Å². The van der Waals surface area contributed by atoms with Crippen LogP contribution in [0.4, 0.5) is 0 Å². The molecule has 0 fully saturated rings. The van der Waals surface area contributed by atoms with Crippen LogP contribution in [0.5, 0.6) is 0 Å². The topological polar surface area (TPSA) is 72.2 Å². The number of carbonyl (C=O) groups excluding carboxylic acids is 1. The molecule has 0 aliphatic rings. The van der Waals surface area contributed by atoms with Gasteiger partial charge >= 0.3 is 0 Å². The Morgan fingerprint density at radius 2 is 2.17 bits per heavy atom. The van der Waals surface area contributed by atoms with Crippen LogP contribution in [0.2, 0.25) is 0 Å². The molecule has 0 aromatic carbocycles. The van der Waals surface area contributed by atoms with Gasteiger partial charge in [0.1, 0.15) is 0 Å². The van der Waals surface area contributed by atoms with Crippen molar-refractivity contribution in [2.75, 3.05) is 25.1 Å². The van der Waals surface area contributed by atoms with E-state index in [1.165, 1.54) is 0 Å². The molecule has 1 amide bonds. The molecule has 1 atom stereocenters. The number of rotatable bonds is 6. The first-order valence-corrected chi connectivity index (χ1v) is 5.45. The summed E-state index contributed by atoms with van der Waals surface area (Å²) in [6, 6.07) is 0. The second-order valence-electron chi connectivity index (χ2n) is 2.41. The first-order chi connectivity index (χ1) is 5.70. The van der Waals surface area contributed by atoms with E-state index in [9.17, 15) is 9.00 Å². The van der Waals surface area contributed by atoms with Gasteiger partial charge in [-0.15, -0.1) is 0 Å². The Kier molecular flexibility index (Phi) is 6.99. The Labute approximate surface area is 75.4 Å². The zero-order valence-electron chi connectivity index (χ0n) is 7.34. The van der Waals surface area contributed by atoms with Crippen molar-refractivity contribution in [3.63, 3.8) is 0 Å². The largest absolute Gasteiger partial charge is 0.359 e. The molecule has 5 heteroatoms. The van der Waals surface area contributed by atoms with Gasteiger partial charge in [0.05, 0.1) is 0 Å². The highest BCUT2D eigenvalue weighted by Crippen LogP contribution is 1.90. The monoisotopic (exact) mass is 192 g/mol. The maximum atomic E-state index is 11.1. The maximum absolute atomic E-state index is 11.1. The lowest BCUT2D eigenvalue weighted by Gasteiger charge is -1.99. The van der Waals surface area contributed by atoms with Gasteiger partial charge in [-0.1, -0.05) is 0 Å². The number of hydrogen-bond donors (Lipinski definition) is 2. The highest BCUT2D eigenvalue weighted by Gasteiger charge is 2.02. The molecule has 0 spiro atoms. The van der Waals surface area contributed by atoms with Gasteiger partial charge in [-0.3, -0.25) is 9.00 Å². The molecule has 4 nitrogen and oxygen atoms in total. The molecule has 0 aliphatic carbocycles. The van der Waals surface area contributed by atoms with E-state index in [1.54, 1.807) is 7.05 Å². The molecule has 0 saturated heterocycles. The maximum Gasteiger partial charge on any atom is 0.220 e. The molecule has 72 valence electrons. The van der Waals surface area contributed by atoms with Crippen LogP contribution in [-0.4, -0.2) is 35.2 Å². The Morgan fingerprint density at radius 1 is 1.50 bits per heavy atom. The minimum absolute atomic E-state index is 0.0592. The Hall–Kier alpha value is -0.420. The first-order valence-electron chi connectivity index (χ1n) is 3.96. The normalized spacial score (nSPS) is 12.5. The SMILES string of the molecule is CNC(=O)CCS(=O)CCCN. The smallest absolute Gasteiger partial charge is 0.220 e. The second kappa shape index (κ2) is 7.24. The number of nitrogens with one attached hydrogen (secondary N) is 1. The lowest BCUT2D eigenvalue weighted by molar-refractivity contribution is -0.120. The third kappa shape index (κ3) is 6.30. The Morgan fingerprint density at radius 3 is 2.67 bits per heavy atom. The van der Waals surface area contributed by atoms with E-state index in [-0.39, 0.29) is 5.91 Å². The molecule has 0 aromatic rings. The minimum atomic E-state index is -0.883. The fourth-order valence-corrected chi connectivity index (χ4v) is 1.78. The van der Waals surface area contributed by atoms with E-state index in [0.717, 1.165) is 6.42 Å². The number of carbonyl (C=O) groups is 1. The van der Waals surface area contributed by atoms with Crippen molar-refractivity contribution < 1.29 is 9.00 Å². The molecule has 0 heterocycles. The van der Waals surface area contributed by atoms with Crippen LogP contribution < -0.4 is 11.1 Å². The van der Waals surface area contributed by atoms with E-state index < -0.39 is 10.8 Å². The van der Waals surface area contributed by atoms with Crippen molar-refractivity contribution in [1.29, 1.82) is 0 Å². The predicted molar refractivity (Wildman–Crippen MR) is 50.2 cm³/mol. The third-order valence-corrected chi connectivity index (χ3v) is 2.82.